The van der Waals surface area contributed by atoms with Crippen molar-refractivity contribution >= 4 is 13.4 Å². The molecule has 1 aromatic carbocycles. The lowest BCUT2D eigenvalue weighted by Gasteiger charge is -2.24. The summed E-state index contributed by atoms with van der Waals surface area (Å²) < 4.78 is 13.1. The van der Waals surface area contributed by atoms with Gasteiger partial charge in [0.2, 0.25) is 0 Å². The third-order valence-electron chi connectivity index (χ3n) is 3.76. The minimum Gasteiger partial charge on any atom is -0.396 e. The fourth-order valence-electron chi connectivity index (χ4n) is 2.52. The summed E-state index contributed by atoms with van der Waals surface area (Å²) in [4.78, 5) is 34.7. The average Bonchev–Trinajstić information content (AvgIpc) is 2.53. The van der Waals surface area contributed by atoms with Gasteiger partial charge in [0.15, 0.2) is 0 Å². The van der Waals surface area contributed by atoms with Gasteiger partial charge in [0.1, 0.15) is 5.82 Å². The van der Waals surface area contributed by atoms with E-state index in [1.165, 1.54) is 16.8 Å². The number of rotatable bonds is 7. The van der Waals surface area contributed by atoms with Crippen LogP contribution in [0.3, 0.4) is 0 Å². The summed E-state index contributed by atoms with van der Waals surface area (Å²) in [7, 11) is -4.42. The summed E-state index contributed by atoms with van der Waals surface area (Å²) in [5.41, 5.74) is 4.30. The second-order valence-electron chi connectivity index (χ2n) is 5.59. The Labute approximate surface area is 138 Å². The zero-order chi connectivity index (χ0) is 17.7. The Morgan fingerprint density at radius 1 is 1.21 bits per heavy atom. The number of aromatic nitrogens is 2. The zero-order valence-corrected chi connectivity index (χ0v) is 13.8. The van der Waals surface area contributed by atoms with Crippen LogP contribution in [-0.2, 0) is 11.1 Å². The predicted molar refractivity (Wildman–Crippen MR) is 89.3 cm³/mol. The smallest absolute Gasteiger partial charge is 0.349 e. The molecule has 130 valence electrons. The van der Waals surface area contributed by atoms with Gasteiger partial charge in [-0.1, -0.05) is 30.3 Å². The van der Waals surface area contributed by atoms with E-state index in [0.29, 0.717) is 5.56 Å². The summed E-state index contributed by atoms with van der Waals surface area (Å²) in [6.07, 6.45) is 1.48. The molecule has 0 amide bonds. The van der Waals surface area contributed by atoms with Gasteiger partial charge in [0.25, 0.3) is 0 Å². The third-order valence-corrected chi connectivity index (χ3v) is 5.08. The van der Waals surface area contributed by atoms with Gasteiger partial charge in [0, 0.05) is 25.3 Å². The van der Waals surface area contributed by atoms with Crippen molar-refractivity contribution < 1.29 is 19.5 Å². The number of anilines is 1. The van der Waals surface area contributed by atoms with Gasteiger partial charge in [-0.25, -0.2) is 4.79 Å². The Balaban J connectivity index is 2.23. The van der Waals surface area contributed by atoms with Crippen LogP contribution in [0.1, 0.15) is 17.6 Å². The van der Waals surface area contributed by atoms with E-state index in [9.17, 15) is 24.3 Å². The molecule has 0 saturated heterocycles. The maximum absolute atomic E-state index is 11.9. The lowest BCUT2D eigenvalue weighted by Crippen LogP contribution is -2.28. The summed E-state index contributed by atoms with van der Waals surface area (Å²) >= 11 is 0. The first-order chi connectivity index (χ1) is 11.3. The van der Waals surface area contributed by atoms with Gasteiger partial charge in [-0.15, -0.1) is 0 Å². The average molecular weight is 353 g/mol. The first kappa shape index (κ1) is 18.4. The van der Waals surface area contributed by atoms with Gasteiger partial charge < -0.3 is 20.6 Å². The number of nitrogens with zero attached hydrogens (tertiary/aromatic N) is 2. The van der Waals surface area contributed by atoms with Crippen LogP contribution in [0.15, 0.2) is 47.4 Å². The SMILES string of the molecule is Nc1ccn(C[C@@H](CO)C[C@H](c2ccccc2)P(=O)(O)O)c(=O)n1. The topological polar surface area (TPSA) is 139 Å². The first-order valence-electron chi connectivity index (χ1n) is 7.35. The molecule has 0 fully saturated rings. The number of aliphatic hydroxyl groups excluding tert-OH is 1. The Morgan fingerprint density at radius 2 is 1.88 bits per heavy atom. The molecule has 2 atom stereocenters. The van der Waals surface area contributed by atoms with Crippen LogP contribution in [-0.4, -0.2) is 31.1 Å². The lowest BCUT2D eigenvalue weighted by molar-refractivity contribution is 0.196. The van der Waals surface area contributed by atoms with Crippen LogP contribution >= 0.6 is 7.60 Å². The van der Waals surface area contributed by atoms with E-state index in [4.69, 9.17) is 5.73 Å². The third kappa shape index (κ3) is 4.75. The number of nitrogen functional groups attached to an aromatic ring is 1. The van der Waals surface area contributed by atoms with Crippen molar-refractivity contribution in [2.24, 2.45) is 5.92 Å². The molecular weight excluding hydrogens is 333 g/mol. The molecule has 2 rings (SSSR count). The van der Waals surface area contributed by atoms with E-state index in [-0.39, 0.29) is 25.4 Å². The molecule has 0 saturated carbocycles. The van der Waals surface area contributed by atoms with Crippen molar-refractivity contribution in [3.05, 3.63) is 58.6 Å². The molecule has 0 unspecified atom stereocenters. The molecule has 0 radical (unpaired) electrons. The van der Waals surface area contributed by atoms with E-state index in [0.717, 1.165) is 0 Å². The molecule has 1 aromatic heterocycles. The standard InChI is InChI=1S/C15H20N3O5P/c16-14-6-7-18(15(20)17-14)9-11(10-19)8-13(24(21,22)23)12-4-2-1-3-5-12/h1-7,11,13,19H,8-10H2,(H2,16,17,20)(H2,21,22,23)/t11-,13+/m0/s1. The molecular formula is C15H20N3O5P. The molecule has 0 aliphatic rings. The molecule has 9 heteroatoms. The normalized spacial score (nSPS) is 14.3. The Kier molecular flexibility index (Phi) is 5.90. The van der Waals surface area contributed by atoms with Crippen molar-refractivity contribution in [1.82, 2.24) is 9.55 Å². The van der Waals surface area contributed by atoms with Gasteiger partial charge in [0.05, 0.1) is 5.66 Å². The molecule has 1 heterocycles. The highest BCUT2D eigenvalue weighted by Gasteiger charge is 2.32. The van der Waals surface area contributed by atoms with Crippen molar-refractivity contribution in [3.8, 4) is 0 Å². The van der Waals surface area contributed by atoms with Gasteiger partial charge in [-0.05, 0) is 18.1 Å². The number of hydrogen-bond acceptors (Lipinski definition) is 5. The van der Waals surface area contributed by atoms with Crippen molar-refractivity contribution in [2.75, 3.05) is 12.3 Å². The van der Waals surface area contributed by atoms with Crippen LogP contribution in [0.25, 0.3) is 0 Å². The minimum absolute atomic E-state index is 0.0294. The number of nitrogens with two attached hydrogens (primary N) is 1. The fraction of sp³-hybridized carbons (Fsp3) is 0.333. The van der Waals surface area contributed by atoms with E-state index in [2.05, 4.69) is 4.98 Å². The fourth-order valence-corrected chi connectivity index (χ4v) is 3.66. The van der Waals surface area contributed by atoms with E-state index in [1.54, 1.807) is 30.3 Å². The van der Waals surface area contributed by atoms with Crippen LogP contribution in [0.2, 0.25) is 0 Å². The second-order valence-corrected chi connectivity index (χ2v) is 7.39. The van der Waals surface area contributed by atoms with Crippen molar-refractivity contribution in [2.45, 2.75) is 18.6 Å². The number of benzene rings is 1. The summed E-state index contributed by atoms with van der Waals surface area (Å²) in [5.74, 6) is -0.430. The molecule has 0 aliphatic carbocycles. The molecule has 5 N–H and O–H groups in total. The Bertz CT molecular complexity index is 774. The summed E-state index contributed by atoms with van der Waals surface area (Å²) in [6.45, 7) is -0.230. The summed E-state index contributed by atoms with van der Waals surface area (Å²) in [6, 6.07) is 9.86. The van der Waals surface area contributed by atoms with Crippen LogP contribution in [0, 0.1) is 5.92 Å². The molecule has 2 aromatic rings. The monoisotopic (exact) mass is 353 g/mol. The maximum Gasteiger partial charge on any atom is 0.349 e. The highest BCUT2D eigenvalue weighted by molar-refractivity contribution is 7.52. The largest absolute Gasteiger partial charge is 0.396 e. The van der Waals surface area contributed by atoms with Crippen LogP contribution < -0.4 is 11.4 Å². The maximum atomic E-state index is 11.9. The van der Waals surface area contributed by atoms with Crippen LogP contribution in [0.5, 0.6) is 0 Å². The summed E-state index contributed by atoms with van der Waals surface area (Å²) in [5, 5.41) is 9.58. The van der Waals surface area contributed by atoms with Gasteiger partial charge in [-0.2, -0.15) is 4.98 Å². The first-order valence-corrected chi connectivity index (χ1v) is 9.03. The Hall–Kier alpha value is -1.99. The molecule has 24 heavy (non-hydrogen) atoms. The highest BCUT2D eigenvalue weighted by atomic mass is 31.2. The van der Waals surface area contributed by atoms with Crippen molar-refractivity contribution in [3.63, 3.8) is 0 Å². The molecule has 0 bridgehead atoms. The van der Waals surface area contributed by atoms with Crippen LogP contribution in [0.4, 0.5) is 5.82 Å². The Morgan fingerprint density at radius 3 is 2.42 bits per heavy atom. The van der Waals surface area contributed by atoms with Crippen molar-refractivity contribution in [1.29, 1.82) is 0 Å². The highest BCUT2D eigenvalue weighted by Crippen LogP contribution is 2.54. The molecule has 0 aliphatic heterocycles. The van der Waals surface area contributed by atoms with Gasteiger partial charge >= 0.3 is 13.3 Å². The quantitative estimate of drug-likeness (QED) is 0.539. The van der Waals surface area contributed by atoms with E-state index >= 15 is 0 Å². The molecule has 8 nitrogen and oxygen atoms in total. The number of aliphatic hydroxyl groups is 1. The second kappa shape index (κ2) is 7.72. The van der Waals surface area contributed by atoms with E-state index < -0.39 is 24.9 Å². The number of hydrogen-bond donors (Lipinski definition) is 4. The predicted octanol–water partition coefficient (Wildman–Crippen LogP) is 0.743. The van der Waals surface area contributed by atoms with E-state index in [1.807, 2.05) is 0 Å². The zero-order valence-electron chi connectivity index (χ0n) is 12.9. The molecule has 0 spiro atoms. The minimum atomic E-state index is -4.42. The van der Waals surface area contributed by atoms with Gasteiger partial charge in [-0.3, -0.25) is 9.13 Å². The lowest BCUT2D eigenvalue weighted by atomic mass is 9.99.